The van der Waals surface area contributed by atoms with Gasteiger partial charge >= 0.3 is 0 Å². The summed E-state index contributed by atoms with van der Waals surface area (Å²) in [7, 11) is 0. The van der Waals surface area contributed by atoms with Crippen molar-refractivity contribution in [2.24, 2.45) is 17.3 Å². The molecule has 3 atom stereocenters. The van der Waals surface area contributed by atoms with Gasteiger partial charge in [-0.2, -0.15) is 0 Å². The molecule has 230 valence electrons. The van der Waals surface area contributed by atoms with Gasteiger partial charge in [-0.25, -0.2) is 4.98 Å². The lowest BCUT2D eigenvalue weighted by atomic mass is 9.85. The number of amides is 3. The van der Waals surface area contributed by atoms with Crippen molar-refractivity contribution in [1.82, 2.24) is 25.8 Å². The molecule has 2 aliphatic heterocycles. The maximum Gasteiger partial charge on any atom is 0.246 e. The van der Waals surface area contributed by atoms with Crippen LogP contribution in [0.5, 0.6) is 0 Å². The Bertz CT molecular complexity index is 1210. The van der Waals surface area contributed by atoms with Crippen LogP contribution >= 0.6 is 11.3 Å². The number of aliphatic hydroxyl groups is 1. The Balaban J connectivity index is 1.33. The number of hydrogen-bond donors (Lipinski definition) is 4. The molecule has 2 aliphatic rings. The Morgan fingerprint density at radius 3 is 2.52 bits per heavy atom. The van der Waals surface area contributed by atoms with Crippen molar-refractivity contribution in [2.45, 2.75) is 65.6 Å². The van der Waals surface area contributed by atoms with Crippen LogP contribution in [0.1, 0.15) is 51.3 Å². The number of aliphatic hydroxyl groups excluding tert-OH is 1. The highest BCUT2D eigenvalue weighted by atomic mass is 32.1. The Morgan fingerprint density at radius 2 is 1.93 bits per heavy atom. The van der Waals surface area contributed by atoms with Crippen LogP contribution in [0.25, 0.3) is 10.4 Å². The molecule has 0 radical (unpaired) electrons. The van der Waals surface area contributed by atoms with E-state index in [1.54, 1.807) is 11.3 Å². The molecule has 0 bridgehead atoms. The number of nitrogens with one attached hydrogen (secondary N) is 3. The highest BCUT2D eigenvalue weighted by Gasteiger charge is 2.44. The first-order valence-electron chi connectivity index (χ1n) is 14.8. The molecule has 42 heavy (non-hydrogen) atoms. The van der Waals surface area contributed by atoms with E-state index in [9.17, 15) is 19.5 Å². The maximum atomic E-state index is 13.8. The number of ether oxygens (including phenoxy) is 1. The average Bonchev–Trinajstić information content (AvgIpc) is 3.57. The Kier molecular flexibility index (Phi) is 11.1. The van der Waals surface area contributed by atoms with Crippen molar-refractivity contribution in [2.75, 3.05) is 39.5 Å². The minimum atomic E-state index is -0.842. The summed E-state index contributed by atoms with van der Waals surface area (Å²) in [6, 6.07) is 6.40. The number of benzene rings is 1. The van der Waals surface area contributed by atoms with Crippen LogP contribution in [0.15, 0.2) is 29.8 Å². The third kappa shape index (κ3) is 8.37. The van der Waals surface area contributed by atoms with Crippen LogP contribution in [0.2, 0.25) is 0 Å². The molecule has 1 aromatic heterocycles. The van der Waals surface area contributed by atoms with Crippen molar-refractivity contribution in [3.63, 3.8) is 0 Å². The predicted molar refractivity (Wildman–Crippen MR) is 163 cm³/mol. The normalized spacial score (nSPS) is 19.8. The zero-order valence-corrected chi connectivity index (χ0v) is 26.0. The lowest BCUT2D eigenvalue weighted by Gasteiger charge is -2.35. The molecular formula is C31H45N5O5S. The van der Waals surface area contributed by atoms with Gasteiger partial charge in [0, 0.05) is 32.2 Å². The topological polar surface area (TPSA) is 133 Å². The summed E-state index contributed by atoms with van der Waals surface area (Å²) in [5.41, 5.74) is 4.23. The number of carbonyl (C=O) groups excluding carboxylic acids is 3. The standard InChI is InChI=1S/C31H45N5O5S/c1-20-27(42-19-34-20)24-9-7-21(8-10-24)15-33-29(39)25-12-23(17-37)16-36(25)30(40)28(31(2,3)4)35-26(38)18-41-11-5-6-22-13-32-14-22/h7-10,19,22-23,25,28,32,37H,5-6,11-18H2,1-4H3,(H,33,39)(H,35,38)/t23-,25+,28-/m1/s1. The minimum absolute atomic E-state index is 0.118. The molecule has 3 heterocycles. The first-order valence-corrected chi connectivity index (χ1v) is 15.7. The van der Waals surface area contributed by atoms with Gasteiger partial charge in [0.25, 0.3) is 0 Å². The molecule has 2 fully saturated rings. The number of aryl methyl sites for hydroxylation is 1. The molecule has 10 nitrogen and oxygen atoms in total. The van der Waals surface area contributed by atoms with Gasteiger partial charge in [-0.15, -0.1) is 11.3 Å². The largest absolute Gasteiger partial charge is 0.396 e. The van der Waals surface area contributed by atoms with Gasteiger partial charge < -0.3 is 30.7 Å². The summed E-state index contributed by atoms with van der Waals surface area (Å²) in [5, 5.41) is 19.0. The fourth-order valence-corrected chi connectivity index (χ4v) is 6.23. The number of aromatic nitrogens is 1. The highest BCUT2D eigenvalue weighted by molar-refractivity contribution is 7.13. The van der Waals surface area contributed by atoms with E-state index in [-0.39, 0.29) is 43.4 Å². The number of hydrogen-bond acceptors (Lipinski definition) is 8. The molecule has 3 amide bonds. The fourth-order valence-electron chi connectivity index (χ4n) is 5.42. The molecule has 4 N–H and O–H groups in total. The van der Waals surface area contributed by atoms with Crippen LogP contribution in [-0.4, -0.2) is 84.3 Å². The number of thiazole rings is 1. The predicted octanol–water partition coefficient (Wildman–Crippen LogP) is 2.49. The van der Waals surface area contributed by atoms with E-state index in [1.807, 2.05) is 57.5 Å². The van der Waals surface area contributed by atoms with Crippen LogP contribution in [0, 0.1) is 24.2 Å². The Hall–Kier alpha value is -2.86. The lowest BCUT2D eigenvalue weighted by molar-refractivity contribution is -0.144. The van der Waals surface area contributed by atoms with Gasteiger partial charge in [-0.1, -0.05) is 45.0 Å². The molecule has 11 heteroatoms. The van der Waals surface area contributed by atoms with E-state index in [4.69, 9.17) is 4.74 Å². The van der Waals surface area contributed by atoms with Gasteiger partial charge in [0.1, 0.15) is 18.7 Å². The lowest BCUT2D eigenvalue weighted by Crippen LogP contribution is -2.58. The van der Waals surface area contributed by atoms with Crippen molar-refractivity contribution >= 4 is 29.1 Å². The molecule has 4 rings (SSSR count). The monoisotopic (exact) mass is 599 g/mol. The molecule has 0 saturated carbocycles. The average molecular weight is 600 g/mol. The fraction of sp³-hybridized carbons (Fsp3) is 0.613. The first-order chi connectivity index (χ1) is 20.1. The van der Waals surface area contributed by atoms with E-state index in [0.717, 1.165) is 47.6 Å². The summed E-state index contributed by atoms with van der Waals surface area (Å²) in [6.45, 7) is 10.6. The first kappa shape index (κ1) is 32.1. The highest BCUT2D eigenvalue weighted by Crippen LogP contribution is 2.29. The summed E-state index contributed by atoms with van der Waals surface area (Å²) >= 11 is 1.59. The van der Waals surface area contributed by atoms with Crippen molar-refractivity contribution in [3.8, 4) is 10.4 Å². The van der Waals surface area contributed by atoms with Gasteiger partial charge in [0.05, 0.1) is 16.1 Å². The van der Waals surface area contributed by atoms with Crippen LogP contribution in [0.3, 0.4) is 0 Å². The number of carbonyl (C=O) groups is 3. The maximum absolute atomic E-state index is 13.8. The van der Waals surface area contributed by atoms with Crippen LogP contribution < -0.4 is 16.0 Å². The molecule has 0 unspecified atom stereocenters. The number of likely N-dealkylation sites (tertiary alicyclic amines) is 1. The van der Waals surface area contributed by atoms with Gasteiger partial charge in [0.2, 0.25) is 17.7 Å². The van der Waals surface area contributed by atoms with E-state index in [1.165, 1.54) is 4.90 Å². The number of nitrogens with zero attached hydrogens (tertiary/aromatic N) is 2. The van der Waals surface area contributed by atoms with Gasteiger partial charge in [-0.3, -0.25) is 14.4 Å². The second-order valence-electron chi connectivity index (χ2n) is 12.6. The smallest absolute Gasteiger partial charge is 0.246 e. The third-order valence-corrected chi connectivity index (χ3v) is 9.06. The minimum Gasteiger partial charge on any atom is -0.396 e. The van der Waals surface area contributed by atoms with E-state index in [0.29, 0.717) is 25.5 Å². The van der Waals surface area contributed by atoms with Gasteiger partial charge in [0.15, 0.2) is 0 Å². The van der Waals surface area contributed by atoms with E-state index < -0.39 is 17.5 Å². The zero-order valence-electron chi connectivity index (χ0n) is 25.2. The summed E-state index contributed by atoms with van der Waals surface area (Å²) < 4.78 is 5.58. The molecule has 2 saturated heterocycles. The molecule has 0 aliphatic carbocycles. The van der Waals surface area contributed by atoms with Crippen molar-refractivity contribution < 1.29 is 24.2 Å². The summed E-state index contributed by atoms with van der Waals surface area (Å²) in [6.07, 6.45) is 2.33. The molecular weight excluding hydrogens is 554 g/mol. The van der Waals surface area contributed by atoms with E-state index in [2.05, 4.69) is 20.9 Å². The van der Waals surface area contributed by atoms with Gasteiger partial charge in [-0.05, 0) is 61.7 Å². The second kappa shape index (κ2) is 14.5. The van der Waals surface area contributed by atoms with Crippen LogP contribution in [-0.2, 0) is 25.7 Å². The van der Waals surface area contributed by atoms with E-state index >= 15 is 0 Å². The summed E-state index contributed by atoms with van der Waals surface area (Å²) in [4.78, 5) is 46.9. The summed E-state index contributed by atoms with van der Waals surface area (Å²) in [5.74, 6) is -0.473. The third-order valence-electron chi connectivity index (χ3n) is 8.08. The quantitative estimate of drug-likeness (QED) is 0.260. The molecule has 1 aromatic carbocycles. The van der Waals surface area contributed by atoms with Crippen molar-refractivity contribution in [1.29, 1.82) is 0 Å². The molecule has 2 aromatic rings. The second-order valence-corrected chi connectivity index (χ2v) is 13.4. The van der Waals surface area contributed by atoms with Crippen molar-refractivity contribution in [3.05, 3.63) is 41.0 Å². The van der Waals surface area contributed by atoms with Crippen LogP contribution in [0.4, 0.5) is 0 Å². The Labute approximate surface area is 252 Å². The molecule has 0 spiro atoms. The SMILES string of the molecule is Cc1ncsc1-c1ccc(CNC(=O)[C@@H]2C[C@@H](CO)CN2C(=O)[C@@H](NC(=O)COCCCC2CNC2)C(C)(C)C)cc1. The Morgan fingerprint density at radius 1 is 1.19 bits per heavy atom. The number of rotatable bonds is 13. The zero-order chi connectivity index (χ0) is 30.3.